The van der Waals surface area contributed by atoms with Gasteiger partial charge >= 0.3 is 12.1 Å². The third-order valence-electron chi connectivity index (χ3n) is 6.38. The van der Waals surface area contributed by atoms with Crippen molar-refractivity contribution < 1.29 is 23.9 Å². The highest BCUT2D eigenvalue weighted by atomic mass is 16.6. The van der Waals surface area contributed by atoms with Crippen LogP contribution in [0.1, 0.15) is 66.2 Å². The molecule has 8 heteroatoms. The quantitative estimate of drug-likeness (QED) is 0.650. The van der Waals surface area contributed by atoms with E-state index in [0.29, 0.717) is 24.8 Å². The van der Waals surface area contributed by atoms with Gasteiger partial charge in [-0.25, -0.2) is 4.79 Å². The van der Waals surface area contributed by atoms with Crippen LogP contribution < -0.4 is 0 Å². The van der Waals surface area contributed by atoms with E-state index in [1.165, 1.54) is 6.92 Å². The van der Waals surface area contributed by atoms with E-state index in [9.17, 15) is 19.6 Å². The van der Waals surface area contributed by atoms with Gasteiger partial charge in [-0.15, -0.1) is 0 Å². The standard InChI is InChI=1S/C22H33N3O5/c1-14(26)29-19-10-15-8-18(9-16(15)11-19)25(21(28)30-22(2,3)4)13-20(27)24-7-5-6-17(24)12-23/h15-19H,5-11,13H2,1-4H3/t15-,16+,17-,18?,19+/m0/s1. The Morgan fingerprint density at radius 2 is 1.77 bits per heavy atom. The minimum atomic E-state index is -0.657. The molecule has 1 heterocycles. The Morgan fingerprint density at radius 1 is 1.13 bits per heavy atom. The smallest absolute Gasteiger partial charge is 0.411 e. The van der Waals surface area contributed by atoms with Crippen molar-refractivity contribution in [3.05, 3.63) is 0 Å². The number of rotatable bonds is 4. The molecule has 8 nitrogen and oxygen atoms in total. The van der Waals surface area contributed by atoms with Crippen molar-refractivity contribution >= 4 is 18.0 Å². The van der Waals surface area contributed by atoms with Crippen molar-refractivity contribution in [3.63, 3.8) is 0 Å². The maximum Gasteiger partial charge on any atom is 0.411 e. The van der Waals surface area contributed by atoms with E-state index in [2.05, 4.69) is 6.07 Å². The molecular formula is C22H33N3O5. The van der Waals surface area contributed by atoms with Gasteiger partial charge in [0.2, 0.25) is 5.91 Å². The number of carbonyl (C=O) groups excluding carboxylic acids is 3. The van der Waals surface area contributed by atoms with Crippen molar-refractivity contribution in [2.75, 3.05) is 13.1 Å². The summed E-state index contributed by atoms with van der Waals surface area (Å²) in [5.74, 6) is 0.297. The molecule has 30 heavy (non-hydrogen) atoms. The lowest BCUT2D eigenvalue weighted by molar-refractivity contribution is -0.146. The van der Waals surface area contributed by atoms with Gasteiger partial charge in [0.25, 0.3) is 0 Å². The fraction of sp³-hybridized carbons (Fsp3) is 0.818. The highest BCUT2D eigenvalue weighted by Crippen LogP contribution is 2.47. The number of nitrogens with zero attached hydrogens (tertiary/aromatic N) is 3. The predicted molar refractivity (Wildman–Crippen MR) is 108 cm³/mol. The van der Waals surface area contributed by atoms with Crippen LogP contribution in [-0.2, 0) is 19.1 Å². The molecule has 1 saturated heterocycles. The Morgan fingerprint density at radius 3 is 2.30 bits per heavy atom. The molecule has 0 aromatic rings. The number of likely N-dealkylation sites (tertiary alicyclic amines) is 1. The molecule has 0 aromatic carbocycles. The SMILES string of the molecule is CC(=O)O[C@H]1C[C@H]2CC(N(CC(=O)N3CCC[C@H]3C#N)C(=O)OC(C)(C)C)C[C@H]2C1. The topological polar surface area (TPSA) is 99.9 Å². The lowest BCUT2D eigenvalue weighted by Gasteiger charge is -2.33. The van der Waals surface area contributed by atoms with Crippen molar-refractivity contribution in [2.45, 2.75) is 90.0 Å². The second-order valence-corrected chi connectivity index (χ2v) is 9.83. The molecule has 2 amide bonds. The van der Waals surface area contributed by atoms with Gasteiger partial charge in [0, 0.05) is 19.5 Å². The summed E-state index contributed by atoms with van der Waals surface area (Å²) in [6, 6.07) is 1.69. The molecular weight excluding hydrogens is 386 g/mol. The van der Waals surface area contributed by atoms with E-state index < -0.39 is 17.7 Å². The zero-order valence-corrected chi connectivity index (χ0v) is 18.4. The number of amides is 2. The van der Waals surface area contributed by atoms with Crippen molar-refractivity contribution in [2.24, 2.45) is 11.8 Å². The summed E-state index contributed by atoms with van der Waals surface area (Å²) in [5, 5.41) is 9.30. The van der Waals surface area contributed by atoms with E-state index in [0.717, 1.165) is 32.1 Å². The summed E-state index contributed by atoms with van der Waals surface area (Å²) >= 11 is 0. The monoisotopic (exact) mass is 419 g/mol. The normalized spacial score (nSPS) is 30.5. The number of nitriles is 1. The number of hydrogen-bond donors (Lipinski definition) is 0. The van der Waals surface area contributed by atoms with Crippen LogP contribution in [0.15, 0.2) is 0 Å². The Kier molecular flexibility index (Phi) is 6.59. The number of carbonyl (C=O) groups is 3. The fourth-order valence-corrected chi connectivity index (χ4v) is 5.21. The van der Waals surface area contributed by atoms with Crippen molar-refractivity contribution in [1.29, 1.82) is 5.26 Å². The van der Waals surface area contributed by atoms with E-state index >= 15 is 0 Å². The average molecular weight is 420 g/mol. The van der Waals surface area contributed by atoms with Crippen LogP contribution in [0.4, 0.5) is 4.79 Å². The molecule has 2 saturated carbocycles. The van der Waals surface area contributed by atoms with Gasteiger partial charge in [-0.2, -0.15) is 5.26 Å². The van der Waals surface area contributed by atoms with Crippen LogP contribution in [0.25, 0.3) is 0 Å². The molecule has 3 fully saturated rings. The summed E-state index contributed by atoms with van der Waals surface area (Å²) in [6.45, 7) is 7.35. The molecule has 0 spiro atoms. The van der Waals surface area contributed by atoms with Crippen LogP contribution in [0.5, 0.6) is 0 Å². The first-order chi connectivity index (χ1) is 14.1. The fourth-order valence-electron chi connectivity index (χ4n) is 5.21. The Bertz CT molecular complexity index is 711. The molecule has 1 aliphatic heterocycles. The van der Waals surface area contributed by atoms with Crippen molar-refractivity contribution in [3.8, 4) is 6.07 Å². The first-order valence-electron chi connectivity index (χ1n) is 10.9. The molecule has 2 aliphatic carbocycles. The van der Waals surface area contributed by atoms with Crippen LogP contribution >= 0.6 is 0 Å². The minimum absolute atomic E-state index is 0.0453. The van der Waals surface area contributed by atoms with Gasteiger partial charge in [0.05, 0.1) is 6.07 Å². The predicted octanol–water partition coefficient (Wildman–Crippen LogP) is 2.86. The molecule has 0 radical (unpaired) electrons. The van der Waals surface area contributed by atoms with E-state index in [1.54, 1.807) is 9.80 Å². The molecule has 0 aromatic heterocycles. The van der Waals surface area contributed by atoms with Crippen LogP contribution in [-0.4, -0.2) is 64.6 Å². The average Bonchev–Trinajstić information content (AvgIpc) is 3.31. The second-order valence-electron chi connectivity index (χ2n) is 9.83. The van der Waals surface area contributed by atoms with Gasteiger partial charge in [-0.05, 0) is 71.1 Å². The highest BCUT2D eigenvalue weighted by molar-refractivity contribution is 5.83. The second kappa shape index (κ2) is 8.83. The lowest BCUT2D eigenvalue weighted by atomic mass is 10.0. The molecule has 0 bridgehead atoms. The summed E-state index contributed by atoms with van der Waals surface area (Å²) in [4.78, 5) is 40.3. The first kappa shape index (κ1) is 22.4. The summed E-state index contributed by atoms with van der Waals surface area (Å²) in [6.07, 6.45) is 4.12. The Hall–Kier alpha value is -2.30. The van der Waals surface area contributed by atoms with Gasteiger partial charge in [-0.1, -0.05) is 0 Å². The molecule has 0 N–H and O–H groups in total. The number of esters is 1. The van der Waals surface area contributed by atoms with E-state index in [1.807, 2.05) is 20.8 Å². The van der Waals surface area contributed by atoms with Gasteiger partial charge in [0.15, 0.2) is 0 Å². The molecule has 3 rings (SSSR count). The minimum Gasteiger partial charge on any atom is -0.463 e. The largest absolute Gasteiger partial charge is 0.463 e. The lowest BCUT2D eigenvalue weighted by Crippen LogP contribution is -2.49. The Balaban J connectivity index is 1.68. The van der Waals surface area contributed by atoms with Gasteiger partial charge in [0.1, 0.15) is 24.3 Å². The van der Waals surface area contributed by atoms with Crippen LogP contribution in [0, 0.1) is 23.2 Å². The summed E-state index contributed by atoms with van der Waals surface area (Å²) in [7, 11) is 0. The molecule has 3 aliphatic rings. The third-order valence-corrected chi connectivity index (χ3v) is 6.38. The van der Waals surface area contributed by atoms with Crippen LogP contribution in [0.2, 0.25) is 0 Å². The maximum atomic E-state index is 13.0. The third kappa shape index (κ3) is 5.24. The molecule has 166 valence electrons. The summed E-state index contributed by atoms with van der Waals surface area (Å²) < 4.78 is 11.0. The Labute approximate surface area is 178 Å². The van der Waals surface area contributed by atoms with Crippen molar-refractivity contribution in [1.82, 2.24) is 9.80 Å². The zero-order chi connectivity index (χ0) is 22.1. The zero-order valence-electron chi connectivity index (χ0n) is 18.4. The maximum absolute atomic E-state index is 13.0. The molecule has 1 unspecified atom stereocenters. The summed E-state index contributed by atoms with van der Waals surface area (Å²) in [5.41, 5.74) is -0.657. The van der Waals surface area contributed by atoms with Gasteiger partial charge in [-0.3, -0.25) is 14.5 Å². The first-order valence-corrected chi connectivity index (χ1v) is 10.9. The number of hydrogen-bond acceptors (Lipinski definition) is 6. The van der Waals surface area contributed by atoms with Gasteiger partial charge < -0.3 is 14.4 Å². The number of ether oxygens (including phenoxy) is 2. The van der Waals surface area contributed by atoms with E-state index in [4.69, 9.17) is 9.47 Å². The molecule has 5 atom stereocenters. The van der Waals surface area contributed by atoms with Crippen LogP contribution in [0.3, 0.4) is 0 Å². The van der Waals surface area contributed by atoms with E-state index in [-0.39, 0.29) is 30.6 Å². The number of fused-ring (bicyclic) bond motifs is 1. The highest BCUT2D eigenvalue weighted by Gasteiger charge is 2.46.